The molecule has 0 aliphatic heterocycles. The lowest BCUT2D eigenvalue weighted by atomic mass is 10.3. The zero-order valence-corrected chi connectivity index (χ0v) is 12.2. The molecule has 0 radical (unpaired) electrons. The molecule has 106 valence electrons. The summed E-state index contributed by atoms with van der Waals surface area (Å²) in [4.78, 5) is 0.131. The number of hydrogen-bond donors (Lipinski definition) is 2. The van der Waals surface area contributed by atoms with Crippen LogP contribution in [0.2, 0.25) is 5.02 Å². The summed E-state index contributed by atoms with van der Waals surface area (Å²) in [5.41, 5.74) is 6.29. The summed E-state index contributed by atoms with van der Waals surface area (Å²) in [5.74, 6) is 0.583. The average Bonchev–Trinajstić information content (AvgIpc) is 2.43. The first kappa shape index (κ1) is 14.5. The second kappa shape index (κ2) is 5.60. The predicted molar refractivity (Wildman–Crippen MR) is 79.7 cm³/mol. The van der Waals surface area contributed by atoms with Gasteiger partial charge in [-0.3, -0.25) is 4.72 Å². The number of rotatable bonds is 4. The minimum absolute atomic E-state index is 0.131. The van der Waals surface area contributed by atoms with Crippen molar-refractivity contribution < 1.29 is 13.2 Å². The Morgan fingerprint density at radius 3 is 2.35 bits per heavy atom. The Kier molecular flexibility index (Phi) is 4.06. The quantitative estimate of drug-likeness (QED) is 0.851. The number of hydrogen-bond acceptors (Lipinski definition) is 4. The Labute approximate surface area is 122 Å². The number of nitrogens with one attached hydrogen (secondary N) is 1. The van der Waals surface area contributed by atoms with Crippen LogP contribution in [0.25, 0.3) is 0 Å². The van der Waals surface area contributed by atoms with Gasteiger partial charge in [0.2, 0.25) is 0 Å². The summed E-state index contributed by atoms with van der Waals surface area (Å²) >= 11 is 5.79. The van der Waals surface area contributed by atoms with Crippen molar-refractivity contribution in [2.45, 2.75) is 4.90 Å². The number of sulfonamides is 1. The lowest BCUT2D eigenvalue weighted by Gasteiger charge is -2.09. The number of nitrogen functional groups attached to an aromatic ring is 1. The third kappa shape index (κ3) is 3.15. The third-order valence-electron chi connectivity index (χ3n) is 2.62. The zero-order valence-electron chi connectivity index (χ0n) is 10.6. The van der Waals surface area contributed by atoms with E-state index in [9.17, 15) is 8.42 Å². The summed E-state index contributed by atoms with van der Waals surface area (Å²) in [6.07, 6.45) is 0. The molecule has 0 amide bonds. The van der Waals surface area contributed by atoms with Crippen molar-refractivity contribution in [3.8, 4) is 5.75 Å². The molecule has 2 aromatic rings. The molecular weight excluding hydrogens is 300 g/mol. The van der Waals surface area contributed by atoms with Gasteiger partial charge in [-0.25, -0.2) is 8.42 Å². The molecule has 0 heterocycles. The van der Waals surface area contributed by atoms with Gasteiger partial charge in [0, 0.05) is 0 Å². The minimum Gasteiger partial charge on any atom is -0.497 e. The fourth-order valence-corrected chi connectivity index (χ4v) is 2.74. The van der Waals surface area contributed by atoms with Gasteiger partial charge in [-0.1, -0.05) is 11.6 Å². The van der Waals surface area contributed by atoms with E-state index in [0.29, 0.717) is 22.1 Å². The average molecular weight is 313 g/mol. The van der Waals surface area contributed by atoms with Crippen LogP contribution in [0, 0.1) is 0 Å². The summed E-state index contributed by atoms with van der Waals surface area (Å²) in [6.45, 7) is 0. The van der Waals surface area contributed by atoms with Crippen LogP contribution < -0.4 is 15.2 Å². The highest BCUT2D eigenvalue weighted by Gasteiger charge is 2.14. The highest BCUT2D eigenvalue weighted by Crippen LogP contribution is 2.24. The fraction of sp³-hybridized carbons (Fsp3) is 0.0769. The minimum atomic E-state index is -3.67. The van der Waals surface area contributed by atoms with Crippen molar-refractivity contribution >= 4 is 33.0 Å². The van der Waals surface area contributed by atoms with Crippen molar-refractivity contribution in [1.82, 2.24) is 0 Å². The Bertz CT molecular complexity index is 715. The first-order chi connectivity index (χ1) is 9.42. The topological polar surface area (TPSA) is 81.4 Å². The largest absolute Gasteiger partial charge is 0.497 e. The zero-order chi connectivity index (χ0) is 14.8. The Balaban J connectivity index is 2.27. The molecular formula is C13H13ClN2O3S. The maximum Gasteiger partial charge on any atom is 0.261 e. The molecule has 0 saturated carbocycles. The number of anilines is 2. The molecule has 7 heteroatoms. The van der Waals surface area contributed by atoms with E-state index in [1.807, 2.05) is 0 Å². The van der Waals surface area contributed by atoms with Crippen LogP contribution in [0.15, 0.2) is 47.4 Å². The van der Waals surface area contributed by atoms with Gasteiger partial charge in [0.15, 0.2) is 0 Å². The van der Waals surface area contributed by atoms with Gasteiger partial charge < -0.3 is 10.5 Å². The van der Waals surface area contributed by atoms with Gasteiger partial charge in [0.1, 0.15) is 5.75 Å². The van der Waals surface area contributed by atoms with E-state index in [1.54, 1.807) is 18.2 Å². The molecule has 2 aromatic carbocycles. The lowest BCUT2D eigenvalue weighted by molar-refractivity contribution is 0.414. The molecule has 0 aliphatic carbocycles. The molecule has 5 nitrogen and oxygen atoms in total. The van der Waals surface area contributed by atoms with E-state index in [-0.39, 0.29) is 4.90 Å². The summed E-state index contributed by atoms with van der Waals surface area (Å²) in [5, 5.41) is 0.373. The van der Waals surface area contributed by atoms with Crippen LogP contribution in [0.3, 0.4) is 0 Å². The van der Waals surface area contributed by atoms with E-state index in [1.165, 1.54) is 31.4 Å². The number of halogens is 1. The van der Waals surface area contributed by atoms with Gasteiger partial charge in [-0.2, -0.15) is 0 Å². The predicted octanol–water partition coefficient (Wildman–Crippen LogP) is 2.73. The van der Waals surface area contributed by atoms with Crippen molar-refractivity contribution in [2.75, 3.05) is 17.6 Å². The monoisotopic (exact) mass is 312 g/mol. The molecule has 0 saturated heterocycles. The van der Waals surface area contributed by atoms with Crippen molar-refractivity contribution in [3.63, 3.8) is 0 Å². The normalized spacial score (nSPS) is 11.1. The van der Waals surface area contributed by atoms with Crippen LogP contribution in [-0.4, -0.2) is 15.5 Å². The van der Waals surface area contributed by atoms with Gasteiger partial charge in [0.05, 0.1) is 28.4 Å². The van der Waals surface area contributed by atoms with Crippen molar-refractivity contribution in [3.05, 3.63) is 47.5 Å². The first-order valence-electron chi connectivity index (χ1n) is 5.64. The fourth-order valence-electron chi connectivity index (χ4n) is 1.58. The highest BCUT2D eigenvalue weighted by atomic mass is 35.5. The van der Waals surface area contributed by atoms with Crippen LogP contribution >= 0.6 is 11.6 Å². The summed E-state index contributed by atoms with van der Waals surface area (Å²) in [6, 6.07) is 10.6. The SMILES string of the molecule is COc1ccc(S(=O)(=O)Nc2ccc(Cl)c(N)c2)cc1. The van der Waals surface area contributed by atoms with Crippen LogP contribution in [-0.2, 0) is 10.0 Å². The van der Waals surface area contributed by atoms with E-state index in [2.05, 4.69) is 4.72 Å². The van der Waals surface area contributed by atoms with Gasteiger partial charge in [0.25, 0.3) is 10.0 Å². The maximum absolute atomic E-state index is 12.2. The summed E-state index contributed by atoms with van der Waals surface area (Å²) in [7, 11) is -2.16. The molecule has 2 rings (SSSR count). The van der Waals surface area contributed by atoms with E-state index >= 15 is 0 Å². The number of benzene rings is 2. The van der Waals surface area contributed by atoms with E-state index < -0.39 is 10.0 Å². The van der Waals surface area contributed by atoms with Gasteiger partial charge >= 0.3 is 0 Å². The molecule has 0 spiro atoms. The van der Waals surface area contributed by atoms with Crippen molar-refractivity contribution in [1.29, 1.82) is 0 Å². The van der Waals surface area contributed by atoms with Crippen LogP contribution in [0.1, 0.15) is 0 Å². The van der Waals surface area contributed by atoms with Gasteiger partial charge in [-0.05, 0) is 42.5 Å². The molecule has 0 unspecified atom stereocenters. The van der Waals surface area contributed by atoms with Crippen molar-refractivity contribution in [2.24, 2.45) is 0 Å². The molecule has 0 aromatic heterocycles. The Hall–Kier alpha value is -1.92. The second-order valence-electron chi connectivity index (χ2n) is 4.02. The van der Waals surface area contributed by atoms with E-state index in [0.717, 1.165) is 0 Å². The van der Waals surface area contributed by atoms with Crippen LogP contribution in [0.5, 0.6) is 5.75 Å². The molecule has 0 bridgehead atoms. The Morgan fingerprint density at radius 2 is 1.80 bits per heavy atom. The number of nitrogens with two attached hydrogens (primary N) is 1. The van der Waals surface area contributed by atoms with Crippen LogP contribution in [0.4, 0.5) is 11.4 Å². The van der Waals surface area contributed by atoms with E-state index in [4.69, 9.17) is 22.1 Å². The summed E-state index contributed by atoms with van der Waals surface area (Å²) < 4.78 is 31.8. The third-order valence-corrected chi connectivity index (χ3v) is 4.36. The first-order valence-corrected chi connectivity index (χ1v) is 7.50. The number of methoxy groups -OCH3 is 1. The smallest absolute Gasteiger partial charge is 0.261 e. The van der Waals surface area contributed by atoms with Gasteiger partial charge in [-0.15, -0.1) is 0 Å². The molecule has 3 N–H and O–H groups in total. The number of ether oxygens (including phenoxy) is 1. The second-order valence-corrected chi connectivity index (χ2v) is 6.11. The molecule has 0 aliphatic rings. The highest BCUT2D eigenvalue weighted by molar-refractivity contribution is 7.92. The molecule has 0 atom stereocenters. The maximum atomic E-state index is 12.2. The standard InChI is InChI=1S/C13H13ClN2O3S/c1-19-10-3-5-11(6-4-10)20(17,18)16-9-2-7-12(14)13(15)8-9/h2-8,16H,15H2,1H3. The molecule has 20 heavy (non-hydrogen) atoms. The lowest BCUT2D eigenvalue weighted by Crippen LogP contribution is -2.13. The Morgan fingerprint density at radius 1 is 1.15 bits per heavy atom. The molecule has 0 fully saturated rings.